The first kappa shape index (κ1) is 22.0. The first-order valence-electron chi connectivity index (χ1n) is 8.91. The van der Waals surface area contributed by atoms with Gasteiger partial charge in [-0.1, -0.05) is 0 Å². The minimum absolute atomic E-state index is 0. The molecule has 0 bridgehead atoms. The summed E-state index contributed by atoms with van der Waals surface area (Å²) < 4.78 is 3.29. The predicted molar refractivity (Wildman–Crippen MR) is 104 cm³/mol. The van der Waals surface area contributed by atoms with Crippen LogP contribution in [0, 0.1) is 0 Å². The van der Waals surface area contributed by atoms with Crippen LogP contribution >= 0.6 is 0 Å². The van der Waals surface area contributed by atoms with E-state index in [9.17, 15) is 0 Å². The molecule has 0 fully saturated rings. The van der Waals surface area contributed by atoms with E-state index in [-0.39, 0.29) is 44.0 Å². The van der Waals surface area contributed by atoms with Gasteiger partial charge in [0.15, 0.2) is 0 Å². The minimum Gasteiger partial charge on any atom is -1.00 e. The average molecular weight is 429 g/mol. The van der Waals surface area contributed by atoms with Crippen LogP contribution in [0.2, 0.25) is 0 Å². The Balaban J connectivity index is 0.00000131. The SMILES string of the molecule is C=CCC1[C]([Ti+2][C]2=Cc3ccccc3C2CC=C)=Cc2ccccc21.[Cl-].[Cl-]. The van der Waals surface area contributed by atoms with Crippen LogP contribution in [-0.4, -0.2) is 0 Å². The smallest absolute Gasteiger partial charge is 1.00 e. The summed E-state index contributed by atoms with van der Waals surface area (Å²) in [4.78, 5) is 0. The summed E-state index contributed by atoms with van der Waals surface area (Å²) in [6.45, 7) is 8.00. The summed E-state index contributed by atoms with van der Waals surface area (Å²) in [6.07, 6.45) is 11.1. The van der Waals surface area contributed by atoms with E-state index in [1.807, 2.05) is 0 Å². The monoisotopic (exact) mass is 428 g/mol. The molecule has 0 aromatic heterocycles. The molecule has 4 rings (SSSR count). The standard InChI is InChI=1S/2C12H11.2ClH.Ti/c2*1-2-5-10-8-9-11-6-3-4-7-12(10)11;;;/h2*2-4,6-7,9-10H,1,5H2;2*1H;/q;;;;+2/p-2. The molecule has 0 radical (unpaired) electrons. The van der Waals surface area contributed by atoms with Crippen molar-refractivity contribution in [1.29, 1.82) is 0 Å². The van der Waals surface area contributed by atoms with E-state index in [1.165, 1.54) is 22.3 Å². The maximum absolute atomic E-state index is 4.00. The van der Waals surface area contributed by atoms with Crippen LogP contribution in [0.1, 0.15) is 46.9 Å². The van der Waals surface area contributed by atoms with E-state index in [2.05, 4.69) is 86.0 Å². The molecule has 0 spiro atoms. The van der Waals surface area contributed by atoms with Gasteiger partial charge in [0.25, 0.3) is 0 Å². The normalized spacial score (nSPS) is 18.7. The van der Waals surface area contributed by atoms with Crippen LogP contribution in [0.5, 0.6) is 0 Å². The molecule has 2 aliphatic rings. The molecule has 2 aromatic rings. The quantitative estimate of drug-likeness (QED) is 0.464. The minimum atomic E-state index is -0.321. The van der Waals surface area contributed by atoms with Crippen LogP contribution in [-0.2, 0) is 19.2 Å². The van der Waals surface area contributed by atoms with Crippen molar-refractivity contribution in [2.75, 3.05) is 0 Å². The zero-order valence-corrected chi connectivity index (χ0v) is 18.2. The van der Waals surface area contributed by atoms with Crippen LogP contribution in [0.15, 0.2) is 81.6 Å². The summed E-state index contributed by atoms with van der Waals surface area (Å²) >= 11 is -0.321. The molecule has 3 heteroatoms. The number of hydrogen-bond acceptors (Lipinski definition) is 0. The molecule has 136 valence electrons. The van der Waals surface area contributed by atoms with Gasteiger partial charge >= 0.3 is 160 Å². The van der Waals surface area contributed by atoms with Crippen molar-refractivity contribution in [2.24, 2.45) is 0 Å². The number of halogens is 2. The second kappa shape index (κ2) is 9.76. The molecule has 0 amide bonds. The first-order valence-corrected chi connectivity index (χ1v) is 10.5. The Kier molecular flexibility index (Phi) is 7.95. The molecule has 27 heavy (non-hydrogen) atoms. The maximum Gasteiger partial charge on any atom is -1.00 e. The largest absolute Gasteiger partial charge is 1.00 e. The third-order valence-electron chi connectivity index (χ3n) is 5.21. The molecule has 0 N–H and O–H groups in total. The zero-order chi connectivity index (χ0) is 17.2. The molecule has 0 saturated carbocycles. The number of benzene rings is 2. The van der Waals surface area contributed by atoms with E-state index in [1.54, 1.807) is 7.76 Å². The van der Waals surface area contributed by atoms with E-state index < -0.39 is 0 Å². The summed E-state index contributed by atoms with van der Waals surface area (Å²) in [5, 5.41) is 0. The van der Waals surface area contributed by atoms with Crippen molar-refractivity contribution < 1.29 is 44.0 Å². The molecule has 2 unspecified atom stereocenters. The van der Waals surface area contributed by atoms with Gasteiger partial charge in [-0.25, -0.2) is 0 Å². The molecule has 2 aliphatic carbocycles. The third-order valence-corrected chi connectivity index (χ3v) is 7.65. The molecule has 0 aliphatic heterocycles. The van der Waals surface area contributed by atoms with Gasteiger partial charge in [-0.15, -0.1) is 0 Å². The summed E-state index contributed by atoms with van der Waals surface area (Å²) in [5.41, 5.74) is 5.78. The predicted octanol–water partition coefficient (Wildman–Crippen LogP) is 0.506. The van der Waals surface area contributed by atoms with Gasteiger partial charge in [-0.3, -0.25) is 0 Å². The Bertz CT molecular complexity index is 821. The van der Waals surface area contributed by atoms with Gasteiger partial charge in [-0.2, -0.15) is 0 Å². The van der Waals surface area contributed by atoms with Crippen LogP contribution in [0.25, 0.3) is 12.2 Å². The van der Waals surface area contributed by atoms with Crippen LogP contribution < -0.4 is 24.8 Å². The number of allylic oxidation sites excluding steroid dienone is 4. The van der Waals surface area contributed by atoms with Crippen molar-refractivity contribution in [1.82, 2.24) is 0 Å². The van der Waals surface area contributed by atoms with Gasteiger partial charge in [0.1, 0.15) is 0 Å². The number of rotatable bonds is 6. The Hall–Kier alpha value is -1.31. The van der Waals surface area contributed by atoms with Crippen LogP contribution in [0.3, 0.4) is 0 Å². The average Bonchev–Trinajstić information content (AvgIpc) is 3.15. The maximum atomic E-state index is 4.00. The summed E-state index contributed by atoms with van der Waals surface area (Å²) in [7, 11) is 0. The van der Waals surface area contributed by atoms with Crippen molar-refractivity contribution in [3.8, 4) is 0 Å². The van der Waals surface area contributed by atoms with E-state index in [0.29, 0.717) is 11.8 Å². The fourth-order valence-corrected chi connectivity index (χ4v) is 6.67. The molecule has 0 saturated heterocycles. The number of hydrogen-bond donors (Lipinski definition) is 0. The zero-order valence-electron chi connectivity index (χ0n) is 15.2. The van der Waals surface area contributed by atoms with Crippen molar-refractivity contribution in [3.63, 3.8) is 0 Å². The Morgan fingerprint density at radius 1 is 0.704 bits per heavy atom. The van der Waals surface area contributed by atoms with E-state index in [4.69, 9.17) is 0 Å². The Morgan fingerprint density at radius 3 is 1.52 bits per heavy atom. The van der Waals surface area contributed by atoms with Crippen molar-refractivity contribution in [2.45, 2.75) is 24.7 Å². The number of fused-ring (bicyclic) bond motifs is 2. The second-order valence-electron chi connectivity index (χ2n) is 6.74. The molecule has 0 nitrogen and oxygen atoms in total. The third kappa shape index (κ3) is 4.25. The van der Waals surface area contributed by atoms with E-state index in [0.717, 1.165) is 12.8 Å². The van der Waals surface area contributed by atoms with Gasteiger partial charge in [0.05, 0.1) is 0 Å². The second-order valence-corrected chi connectivity index (χ2v) is 8.93. The van der Waals surface area contributed by atoms with Crippen LogP contribution in [0.4, 0.5) is 0 Å². The molecule has 0 heterocycles. The van der Waals surface area contributed by atoms with Gasteiger partial charge in [-0.05, 0) is 0 Å². The molecule has 2 aromatic carbocycles. The van der Waals surface area contributed by atoms with Crippen molar-refractivity contribution >= 4 is 12.2 Å². The molecular weight excluding hydrogens is 407 g/mol. The summed E-state index contributed by atoms with van der Waals surface area (Å²) in [6, 6.07) is 17.7. The fraction of sp³-hybridized carbons (Fsp3) is 0.167. The van der Waals surface area contributed by atoms with Gasteiger partial charge in [0.2, 0.25) is 0 Å². The molecular formula is C24H22Cl2Ti. The Labute approximate surface area is 183 Å². The van der Waals surface area contributed by atoms with Gasteiger partial charge in [0, 0.05) is 0 Å². The van der Waals surface area contributed by atoms with E-state index >= 15 is 0 Å². The first-order chi connectivity index (χ1) is 12.3. The van der Waals surface area contributed by atoms with Gasteiger partial charge < -0.3 is 24.8 Å². The summed E-state index contributed by atoms with van der Waals surface area (Å²) in [5.74, 6) is 1.06. The molecule has 2 atom stereocenters. The van der Waals surface area contributed by atoms with Crippen molar-refractivity contribution in [3.05, 3.63) is 104 Å². The Morgan fingerprint density at radius 2 is 1.11 bits per heavy atom. The topological polar surface area (TPSA) is 0 Å². The fourth-order valence-electron chi connectivity index (χ4n) is 4.04.